The lowest BCUT2D eigenvalue weighted by Crippen LogP contribution is -2.42. The van der Waals surface area contributed by atoms with Crippen LogP contribution < -0.4 is 5.32 Å². The molecule has 2 heterocycles. The Morgan fingerprint density at radius 2 is 2.09 bits per heavy atom. The van der Waals surface area contributed by atoms with Gasteiger partial charge in [0.25, 0.3) is 0 Å². The van der Waals surface area contributed by atoms with Crippen molar-refractivity contribution in [2.75, 3.05) is 13.1 Å². The summed E-state index contributed by atoms with van der Waals surface area (Å²) in [6, 6.07) is 10.2. The highest BCUT2D eigenvalue weighted by Crippen LogP contribution is 2.19. The van der Waals surface area contributed by atoms with E-state index in [1.165, 1.54) is 0 Å². The molecular weight excluding hydrogens is 278 g/mol. The number of nitrogens with one attached hydrogen (secondary N) is 1. The van der Waals surface area contributed by atoms with E-state index < -0.39 is 0 Å². The van der Waals surface area contributed by atoms with Crippen molar-refractivity contribution in [2.45, 2.75) is 32.9 Å². The van der Waals surface area contributed by atoms with E-state index in [1.54, 1.807) is 0 Å². The monoisotopic (exact) mass is 299 g/mol. The lowest BCUT2D eigenvalue weighted by molar-refractivity contribution is -0.122. The number of amides is 1. The Balaban J connectivity index is 1.70. The van der Waals surface area contributed by atoms with Crippen molar-refractivity contribution >= 4 is 5.91 Å². The molecule has 6 heteroatoms. The van der Waals surface area contributed by atoms with Crippen LogP contribution in [0.15, 0.2) is 30.3 Å². The van der Waals surface area contributed by atoms with Crippen LogP contribution >= 0.6 is 0 Å². The number of nitrogens with zero attached hydrogens (tertiary/aromatic N) is 4. The van der Waals surface area contributed by atoms with Gasteiger partial charge in [0, 0.05) is 25.6 Å². The van der Waals surface area contributed by atoms with Crippen LogP contribution in [-0.2, 0) is 17.8 Å². The maximum absolute atomic E-state index is 11.9. The maximum Gasteiger partial charge on any atom is 0.234 e. The molecule has 1 aromatic heterocycles. The topological polar surface area (TPSA) is 63.1 Å². The zero-order valence-electron chi connectivity index (χ0n) is 13.0. The summed E-state index contributed by atoms with van der Waals surface area (Å²) in [5.74, 6) is 0.0638. The number of benzene rings is 1. The SMILES string of the molecule is CC(C)NC(=O)CN1CCc2c(nnn2-c2ccccc2)C1. The number of hydrogen-bond donors (Lipinski definition) is 1. The third-order valence-corrected chi connectivity index (χ3v) is 3.70. The van der Waals surface area contributed by atoms with Crippen LogP contribution in [0.5, 0.6) is 0 Å². The van der Waals surface area contributed by atoms with Crippen LogP contribution in [0.25, 0.3) is 5.69 Å². The molecule has 0 atom stereocenters. The van der Waals surface area contributed by atoms with Gasteiger partial charge >= 0.3 is 0 Å². The molecular formula is C16H21N5O. The predicted octanol–water partition coefficient (Wildman–Crippen LogP) is 1.15. The summed E-state index contributed by atoms with van der Waals surface area (Å²) in [7, 11) is 0. The van der Waals surface area contributed by atoms with Crippen molar-refractivity contribution < 1.29 is 4.79 Å². The number of carbonyl (C=O) groups is 1. The van der Waals surface area contributed by atoms with E-state index in [2.05, 4.69) is 20.5 Å². The molecule has 1 N–H and O–H groups in total. The number of aromatic nitrogens is 3. The van der Waals surface area contributed by atoms with Crippen LogP contribution in [-0.4, -0.2) is 44.9 Å². The van der Waals surface area contributed by atoms with Gasteiger partial charge in [0.2, 0.25) is 5.91 Å². The van der Waals surface area contributed by atoms with Gasteiger partial charge in [-0.3, -0.25) is 9.69 Å². The van der Waals surface area contributed by atoms with E-state index >= 15 is 0 Å². The Hall–Kier alpha value is -2.21. The van der Waals surface area contributed by atoms with E-state index in [-0.39, 0.29) is 11.9 Å². The Kier molecular flexibility index (Phi) is 4.20. The molecule has 0 bridgehead atoms. The van der Waals surface area contributed by atoms with Crippen LogP contribution in [0.3, 0.4) is 0 Å². The summed E-state index contributed by atoms with van der Waals surface area (Å²) in [4.78, 5) is 14.0. The summed E-state index contributed by atoms with van der Waals surface area (Å²) in [6.45, 7) is 5.87. The maximum atomic E-state index is 11.9. The van der Waals surface area contributed by atoms with E-state index in [0.717, 1.165) is 30.0 Å². The van der Waals surface area contributed by atoms with Gasteiger partial charge in [-0.2, -0.15) is 0 Å². The van der Waals surface area contributed by atoms with Crippen molar-refractivity contribution in [3.05, 3.63) is 41.7 Å². The molecule has 0 unspecified atom stereocenters. The van der Waals surface area contributed by atoms with Crippen molar-refractivity contribution in [3.8, 4) is 5.69 Å². The molecule has 1 aliphatic heterocycles. The van der Waals surface area contributed by atoms with Crippen LogP contribution in [0.1, 0.15) is 25.2 Å². The van der Waals surface area contributed by atoms with Crippen LogP contribution in [0, 0.1) is 0 Å². The first-order chi connectivity index (χ1) is 10.6. The van der Waals surface area contributed by atoms with E-state index in [1.807, 2.05) is 48.9 Å². The predicted molar refractivity (Wildman–Crippen MR) is 83.6 cm³/mol. The van der Waals surface area contributed by atoms with Gasteiger partial charge in [0.1, 0.15) is 5.69 Å². The molecule has 1 aliphatic rings. The highest BCUT2D eigenvalue weighted by Gasteiger charge is 2.24. The number of carbonyl (C=O) groups excluding carboxylic acids is 1. The van der Waals surface area contributed by atoms with Gasteiger partial charge < -0.3 is 5.32 Å². The molecule has 0 aliphatic carbocycles. The van der Waals surface area contributed by atoms with Crippen molar-refractivity contribution in [1.82, 2.24) is 25.2 Å². The van der Waals surface area contributed by atoms with Crippen LogP contribution in [0.2, 0.25) is 0 Å². The second-order valence-corrected chi connectivity index (χ2v) is 5.91. The first-order valence-corrected chi connectivity index (χ1v) is 7.64. The van der Waals surface area contributed by atoms with Crippen LogP contribution in [0.4, 0.5) is 0 Å². The summed E-state index contributed by atoms with van der Waals surface area (Å²) in [5.41, 5.74) is 3.14. The summed E-state index contributed by atoms with van der Waals surface area (Å²) >= 11 is 0. The first-order valence-electron chi connectivity index (χ1n) is 7.64. The minimum atomic E-state index is 0.0638. The van der Waals surface area contributed by atoms with Gasteiger partial charge in [-0.05, 0) is 26.0 Å². The Morgan fingerprint density at radius 1 is 1.32 bits per heavy atom. The molecule has 22 heavy (non-hydrogen) atoms. The average Bonchev–Trinajstić information content (AvgIpc) is 2.90. The fourth-order valence-electron chi connectivity index (χ4n) is 2.74. The molecule has 116 valence electrons. The van der Waals surface area contributed by atoms with Gasteiger partial charge in [0.15, 0.2) is 0 Å². The zero-order valence-corrected chi connectivity index (χ0v) is 13.0. The fourth-order valence-corrected chi connectivity index (χ4v) is 2.74. The third kappa shape index (κ3) is 3.17. The number of hydrogen-bond acceptors (Lipinski definition) is 4. The quantitative estimate of drug-likeness (QED) is 0.920. The third-order valence-electron chi connectivity index (χ3n) is 3.70. The molecule has 0 fully saturated rings. The number of rotatable bonds is 4. The largest absolute Gasteiger partial charge is 0.353 e. The van der Waals surface area contributed by atoms with Gasteiger partial charge in [-0.1, -0.05) is 23.4 Å². The highest BCUT2D eigenvalue weighted by molar-refractivity contribution is 5.78. The summed E-state index contributed by atoms with van der Waals surface area (Å²) < 4.78 is 1.90. The molecule has 0 saturated heterocycles. The van der Waals surface area contributed by atoms with Gasteiger partial charge in [0.05, 0.1) is 17.9 Å². The molecule has 0 saturated carbocycles. The fraction of sp³-hybridized carbons (Fsp3) is 0.438. The summed E-state index contributed by atoms with van der Waals surface area (Å²) in [6.07, 6.45) is 0.853. The molecule has 0 spiro atoms. The molecule has 0 radical (unpaired) electrons. The standard InChI is InChI=1S/C16H21N5O/c1-12(2)17-16(22)11-20-9-8-15-14(10-20)18-19-21(15)13-6-4-3-5-7-13/h3-7,12H,8-11H2,1-2H3,(H,17,22). The van der Waals surface area contributed by atoms with E-state index in [0.29, 0.717) is 13.1 Å². The lowest BCUT2D eigenvalue weighted by atomic mass is 10.1. The lowest BCUT2D eigenvalue weighted by Gasteiger charge is -2.26. The minimum absolute atomic E-state index is 0.0638. The zero-order chi connectivity index (χ0) is 15.5. The molecule has 1 amide bonds. The van der Waals surface area contributed by atoms with Crippen molar-refractivity contribution in [2.24, 2.45) is 0 Å². The molecule has 1 aromatic carbocycles. The molecule has 3 rings (SSSR count). The number of para-hydroxylation sites is 1. The Bertz CT molecular complexity index is 650. The Labute approximate surface area is 130 Å². The number of fused-ring (bicyclic) bond motifs is 1. The van der Waals surface area contributed by atoms with Gasteiger partial charge in [-0.15, -0.1) is 5.10 Å². The van der Waals surface area contributed by atoms with Gasteiger partial charge in [-0.25, -0.2) is 4.68 Å². The Morgan fingerprint density at radius 3 is 2.82 bits per heavy atom. The minimum Gasteiger partial charge on any atom is -0.353 e. The average molecular weight is 299 g/mol. The molecule has 6 nitrogen and oxygen atoms in total. The molecule has 2 aromatic rings. The highest BCUT2D eigenvalue weighted by atomic mass is 16.2. The van der Waals surface area contributed by atoms with E-state index in [4.69, 9.17) is 0 Å². The van der Waals surface area contributed by atoms with E-state index in [9.17, 15) is 4.79 Å². The summed E-state index contributed by atoms with van der Waals surface area (Å²) in [5, 5.41) is 11.5. The first kappa shape index (κ1) is 14.7. The smallest absolute Gasteiger partial charge is 0.234 e. The second-order valence-electron chi connectivity index (χ2n) is 5.91. The second kappa shape index (κ2) is 6.27. The van der Waals surface area contributed by atoms with Crippen molar-refractivity contribution in [3.63, 3.8) is 0 Å². The van der Waals surface area contributed by atoms with Crippen molar-refractivity contribution in [1.29, 1.82) is 0 Å². The normalized spacial score (nSPS) is 14.9.